The summed E-state index contributed by atoms with van der Waals surface area (Å²) in [5, 5.41) is 2.92. The van der Waals surface area contributed by atoms with Crippen LogP contribution in [-0.4, -0.2) is 22.8 Å². The average molecular weight is 226 g/mol. The van der Waals surface area contributed by atoms with Crippen LogP contribution in [0.2, 0.25) is 0 Å². The summed E-state index contributed by atoms with van der Waals surface area (Å²) < 4.78 is 5.45. The molecule has 0 radical (unpaired) electrons. The Balaban J connectivity index is 2.46. The first kappa shape index (κ1) is 12.5. The van der Waals surface area contributed by atoms with Gasteiger partial charge in [-0.1, -0.05) is 13.3 Å². The van der Waals surface area contributed by atoms with Crippen molar-refractivity contribution in [3.8, 4) is 0 Å². The number of rotatable bonds is 6. The maximum atomic E-state index is 11.2. The van der Waals surface area contributed by atoms with Gasteiger partial charge in [0, 0.05) is 6.61 Å². The number of aromatic nitrogens is 2. The first-order valence-electron chi connectivity index (χ1n) is 5.36. The fraction of sp³-hybridized carbons (Fsp3) is 0.600. The van der Waals surface area contributed by atoms with Crippen molar-refractivity contribution in [2.75, 3.05) is 17.7 Å². The molecule has 0 spiro atoms. The molecule has 0 saturated carbocycles. The molecule has 1 unspecified atom stereocenters. The molecular formula is C10H18N4O2. The maximum Gasteiger partial charge on any atom is 0.275 e. The van der Waals surface area contributed by atoms with Crippen molar-refractivity contribution in [3.05, 3.63) is 16.6 Å². The molecule has 0 aromatic carbocycles. The van der Waals surface area contributed by atoms with Crippen molar-refractivity contribution < 1.29 is 4.74 Å². The molecular weight excluding hydrogens is 208 g/mol. The quantitative estimate of drug-likeness (QED) is 0.495. The van der Waals surface area contributed by atoms with Gasteiger partial charge >= 0.3 is 0 Å². The lowest BCUT2D eigenvalue weighted by Crippen LogP contribution is -2.24. The van der Waals surface area contributed by atoms with Crippen LogP contribution in [0.1, 0.15) is 26.7 Å². The maximum absolute atomic E-state index is 11.2. The van der Waals surface area contributed by atoms with Gasteiger partial charge in [-0.3, -0.25) is 9.78 Å². The molecule has 0 fully saturated rings. The summed E-state index contributed by atoms with van der Waals surface area (Å²) in [7, 11) is 0. The monoisotopic (exact) mass is 226 g/mol. The number of nitrogens with zero attached hydrogens (tertiary/aromatic N) is 1. The molecule has 0 aliphatic rings. The largest absolute Gasteiger partial charge is 0.393 e. The number of anilines is 2. The van der Waals surface area contributed by atoms with Crippen LogP contribution in [-0.2, 0) is 4.74 Å². The van der Waals surface area contributed by atoms with Gasteiger partial charge in [0.15, 0.2) is 0 Å². The van der Waals surface area contributed by atoms with Gasteiger partial charge in [-0.15, -0.1) is 0 Å². The van der Waals surface area contributed by atoms with Crippen molar-refractivity contribution in [1.82, 2.24) is 9.97 Å². The summed E-state index contributed by atoms with van der Waals surface area (Å²) in [6, 6.07) is 0. The third kappa shape index (κ3) is 3.90. The van der Waals surface area contributed by atoms with Crippen molar-refractivity contribution >= 4 is 11.6 Å². The van der Waals surface area contributed by atoms with Crippen LogP contribution in [0.3, 0.4) is 0 Å². The Morgan fingerprint density at radius 2 is 2.44 bits per heavy atom. The minimum atomic E-state index is -0.349. The van der Waals surface area contributed by atoms with Gasteiger partial charge in [-0.25, -0.2) is 4.98 Å². The second kappa shape index (κ2) is 6.12. The summed E-state index contributed by atoms with van der Waals surface area (Å²) in [5.41, 5.74) is 5.11. The molecule has 1 atom stereocenters. The highest BCUT2D eigenvalue weighted by molar-refractivity contribution is 5.36. The summed E-state index contributed by atoms with van der Waals surface area (Å²) in [6.07, 6.45) is 3.22. The number of nitrogen functional groups attached to an aromatic ring is 1. The molecule has 90 valence electrons. The standard InChI is InChI=1S/C10H18N4O2/c1-3-4-5-16-7(2)13-10-12-6-8(11)9(15)14-10/h6-7H,3-5,11H2,1-2H3,(H2,12,13,14,15). The molecule has 1 aromatic heterocycles. The summed E-state index contributed by atoms with van der Waals surface area (Å²) in [5.74, 6) is 0.364. The summed E-state index contributed by atoms with van der Waals surface area (Å²) >= 11 is 0. The fourth-order valence-corrected chi connectivity index (χ4v) is 1.12. The average Bonchev–Trinajstić information content (AvgIpc) is 2.24. The zero-order chi connectivity index (χ0) is 12.0. The Bertz CT molecular complexity index is 377. The Hall–Kier alpha value is -1.56. The molecule has 0 aliphatic carbocycles. The van der Waals surface area contributed by atoms with E-state index in [0.29, 0.717) is 12.6 Å². The number of ether oxygens (including phenoxy) is 1. The third-order valence-electron chi connectivity index (χ3n) is 2.03. The van der Waals surface area contributed by atoms with Gasteiger partial charge in [0.25, 0.3) is 5.56 Å². The van der Waals surface area contributed by atoms with E-state index in [2.05, 4.69) is 22.2 Å². The van der Waals surface area contributed by atoms with Crippen molar-refractivity contribution in [1.29, 1.82) is 0 Å². The lowest BCUT2D eigenvalue weighted by Gasteiger charge is -2.14. The highest BCUT2D eigenvalue weighted by Gasteiger charge is 2.04. The number of hydrogen-bond donors (Lipinski definition) is 3. The van der Waals surface area contributed by atoms with Crippen molar-refractivity contribution in [2.45, 2.75) is 32.9 Å². The van der Waals surface area contributed by atoms with Crippen molar-refractivity contribution in [2.24, 2.45) is 0 Å². The van der Waals surface area contributed by atoms with E-state index in [4.69, 9.17) is 10.5 Å². The molecule has 0 bridgehead atoms. The molecule has 1 aromatic rings. The topological polar surface area (TPSA) is 93.0 Å². The zero-order valence-electron chi connectivity index (χ0n) is 9.62. The molecule has 0 amide bonds. The number of aromatic amines is 1. The van der Waals surface area contributed by atoms with E-state index < -0.39 is 0 Å². The van der Waals surface area contributed by atoms with Crippen LogP contribution in [0.25, 0.3) is 0 Å². The molecule has 16 heavy (non-hydrogen) atoms. The van der Waals surface area contributed by atoms with Crippen LogP contribution in [0.15, 0.2) is 11.0 Å². The number of hydrogen-bond acceptors (Lipinski definition) is 5. The number of H-pyrrole nitrogens is 1. The third-order valence-corrected chi connectivity index (χ3v) is 2.03. The Morgan fingerprint density at radius 3 is 3.06 bits per heavy atom. The first-order chi connectivity index (χ1) is 7.63. The van der Waals surface area contributed by atoms with Crippen molar-refractivity contribution in [3.63, 3.8) is 0 Å². The molecule has 1 heterocycles. The highest BCUT2D eigenvalue weighted by atomic mass is 16.5. The van der Waals surface area contributed by atoms with Crippen LogP contribution < -0.4 is 16.6 Å². The van der Waals surface area contributed by atoms with E-state index in [-0.39, 0.29) is 17.5 Å². The number of nitrogens with two attached hydrogens (primary N) is 1. The summed E-state index contributed by atoms with van der Waals surface area (Å²) in [6.45, 7) is 4.64. The van der Waals surface area contributed by atoms with E-state index >= 15 is 0 Å². The van der Waals surface area contributed by atoms with E-state index in [0.717, 1.165) is 12.8 Å². The smallest absolute Gasteiger partial charge is 0.275 e. The van der Waals surface area contributed by atoms with E-state index in [1.807, 2.05) is 6.92 Å². The van der Waals surface area contributed by atoms with Gasteiger partial charge in [-0.05, 0) is 13.3 Å². The molecule has 0 aliphatic heterocycles. The van der Waals surface area contributed by atoms with E-state index in [1.165, 1.54) is 6.20 Å². The Morgan fingerprint density at radius 1 is 1.69 bits per heavy atom. The second-order valence-corrected chi connectivity index (χ2v) is 3.53. The first-order valence-corrected chi connectivity index (χ1v) is 5.36. The Kier molecular flexibility index (Phi) is 4.78. The van der Waals surface area contributed by atoms with Gasteiger partial charge < -0.3 is 15.8 Å². The highest BCUT2D eigenvalue weighted by Crippen LogP contribution is 2.00. The molecule has 4 N–H and O–H groups in total. The zero-order valence-corrected chi connectivity index (χ0v) is 9.62. The molecule has 0 saturated heterocycles. The lowest BCUT2D eigenvalue weighted by molar-refractivity contribution is 0.0820. The van der Waals surface area contributed by atoms with E-state index in [9.17, 15) is 4.79 Å². The SMILES string of the molecule is CCCCOC(C)Nc1ncc(N)c(=O)[nH]1. The van der Waals surface area contributed by atoms with Crippen LogP contribution in [0.5, 0.6) is 0 Å². The second-order valence-electron chi connectivity index (χ2n) is 3.53. The van der Waals surface area contributed by atoms with Gasteiger partial charge in [-0.2, -0.15) is 0 Å². The minimum Gasteiger partial charge on any atom is -0.393 e. The van der Waals surface area contributed by atoms with Crippen LogP contribution in [0, 0.1) is 0 Å². The van der Waals surface area contributed by atoms with Crippen LogP contribution in [0.4, 0.5) is 11.6 Å². The molecule has 6 nitrogen and oxygen atoms in total. The normalized spacial score (nSPS) is 12.4. The van der Waals surface area contributed by atoms with Crippen LogP contribution >= 0.6 is 0 Å². The number of unbranched alkanes of at least 4 members (excludes halogenated alkanes) is 1. The fourth-order valence-electron chi connectivity index (χ4n) is 1.12. The summed E-state index contributed by atoms with van der Waals surface area (Å²) in [4.78, 5) is 17.6. The Labute approximate surface area is 94.2 Å². The van der Waals surface area contributed by atoms with Gasteiger partial charge in [0.05, 0.1) is 6.20 Å². The molecule has 6 heteroatoms. The van der Waals surface area contributed by atoms with Gasteiger partial charge in [0.2, 0.25) is 5.95 Å². The predicted molar refractivity (Wildman–Crippen MR) is 63.2 cm³/mol. The van der Waals surface area contributed by atoms with Gasteiger partial charge in [0.1, 0.15) is 11.9 Å². The molecule has 1 rings (SSSR count). The predicted octanol–water partition coefficient (Wildman–Crippen LogP) is 0.927. The van der Waals surface area contributed by atoms with E-state index in [1.54, 1.807) is 0 Å². The minimum absolute atomic E-state index is 0.102. The number of nitrogens with one attached hydrogen (secondary N) is 2. The lowest BCUT2D eigenvalue weighted by atomic mass is 10.4.